The van der Waals surface area contributed by atoms with Crippen LogP contribution in [0.5, 0.6) is 5.75 Å². The Hall–Kier alpha value is -2.73. The molecule has 2 aromatic rings. The first-order chi connectivity index (χ1) is 14.7. The van der Waals surface area contributed by atoms with Crippen LogP contribution in [0, 0.1) is 0 Å². The fourth-order valence-electron chi connectivity index (χ4n) is 4.39. The van der Waals surface area contributed by atoms with Gasteiger partial charge in [-0.15, -0.1) is 0 Å². The molecule has 2 aromatic carbocycles. The molecular formula is C24H33N4O2+. The summed E-state index contributed by atoms with van der Waals surface area (Å²) in [5, 5.41) is 3.07. The van der Waals surface area contributed by atoms with Gasteiger partial charge in [-0.3, -0.25) is 4.79 Å². The number of carbonyl (C=O) groups excluding carboxylic acids is 1. The predicted molar refractivity (Wildman–Crippen MR) is 122 cm³/mol. The molecule has 0 atom stereocenters. The standard InChI is InChI=1S/C24H32N4O2/c1-30-23-11-9-22(10-12-23)28-17-15-26(16-18-28)19-24(29)25-20-5-7-21(8-6-20)27-13-3-2-4-14-27/h5-12H,2-4,13-19H2,1H3,(H,25,29)/p+1. The average Bonchev–Trinajstić information content (AvgIpc) is 2.81. The zero-order chi connectivity index (χ0) is 20.8. The maximum Gasteiger partial charge on any atom is 0.279 e. The van der Waals surface area contributed by atoms with Crippen LogP contribution in [-0.4, -0.2) is 58.8 Å². The van der Waals surface area contributed by atoms with E-state index in [-0.39, 0.29) is 5.91 Å². The number of nitrogens with zero attached hydrogens (tertiary/aromatic N) is 2. The van der Waals surface area contributed by atoms with E-state index in [9.17, 15) is 4.79 Å². The van der Waals surface area contributed by atoms with E-state index in [0.29, 0.717) is 6.54 Å². The van der Waals surface area contributed by atoms with E-state index in [0.717, 1.165) is 50.7 Å². The van der Waals surface area contributed by atoms with Gasteiger partial charge < -0.3 is 24.8 Å². The molecule has 0 spiro atoms. The molecule has 2 aliphatic rings. The Morgan fingerprint density at radius 2 is 1.43 bits per heavy atom. The van der Waals surface area contributed by atoms with Gasteiger partial charge in [0.15, 0.2) is 6.54 Å². The second-order valence-electron chi connectivity index (χ2n) is 8.25. The lowest BCUT2D eigenvalue weighted by Crippen LogP contribution is -3.15. The lowest BCUT2D eigenvalue weighted by Gasteiger charge is -2.33. The molecule has 6 heteroatoms. The number of hydrogen-bond acceptors (Lipinski definition) is 4. The topological polar surface area (TPSA) is 49.3 Å². The zero-order valence-electron chi connectivity index (χ0n) is 17.9. The molecule has 2 aliphatic heterocycles. The van der Waals surface area contributed by atoms with Crippen LogP contribution in [-0.2, 0) is 4.79 Å². The smallest absolute Gasteiger partial charge is 0.279 e. The number of benzene rings is 2. The summed E-state index contributed by atoms with van der Waals surface area (Å²) in [5.41, 5.74) is 3.36. The highest BCUT2D eigenvalue weighted by atomic mass is 16.5. The minimum atomic E-state index is 0.0913. The number of methoxy groups -OCH3 is 1. The van der Waals surface area contributed by atoms with Crippen molar-refractivity contribution in [2.45, 2.75) is 19.3 Å². The Bertz CT molecular complexity index is 808. The van der Waals surface area contributed by atoms with Crippen LogP contribution in [0.2, 0.25) is 0 Å². The molecule has 2 heterocycles. The van der Waals surface area contributed by atoms with Crippen LogP contribution in [0.4, 0.5) is 17.1 Å². The highest BCUT2D eigenvalue weighted by Crippen LogP contribution is 2.22. The van der Waals surface area contributed by atoms with Gasteiger partial charge in [0, 0.05) is 30.2 Å². The first-order valence-electron chi connectivity index (χ1n) is 11.1. The van der Waals surface area contributed by atoms with Gasteiger partial charge in [-0.25, -0.2) is 0 Å². The quantitative estimate of drug-likeness (QED) is 0.767. The van der Waals surface area contributed by atoms with E-state index in [1.54, 1.807) is 7.11 Å². The highest BCUT2D eigenvalue weighted by Gasteiger charge is 2.22. The van der Waals surface area contributed by atoms with Gasteiger partial charge in [0.2, 0.25) is 0 Å². The monoisotopic (exact) mass is 409 g/mol. The maximum atomic E-state index is 12.5. The summed E-state index contributed by atoms with van der Waals surface area (Å²) in [7, 11) is 1.69. The molecule has 2 saturated heterocycles. The van der Waals surface area contributed by atoms with E-state index in [2.05, 4.69) is 39.4 Å². The van der Waals surface area contributed by atoms with E-state index >= 15 is 0 Å². The first-order valence-corrected chi connectivity index (χ1v) is 11.1. The Kier molecular flexibility index (Phi) is 6.74. The molecule has 0 radical (unpaired) electrons. The molecular weight excluding hydrogens is 376 g/mol. The molecule has 6 nitrogen and oxygen atoms in total. The maximum absolute atomic E-state index is 12.5. The third kappa shape index (κ3) is 5.25. The van der Waals surface area contributed by atoms with Gasteiger partial charge in [0.1, 0.15) is 5.75 Å². The molecule has 30 heavy (non-hydrogen) atoms. The lowest BCUT2D eigenvalue weighted by molar-refractivity contribution is -0.892. The normalized spacial score (nSPS) is 17.6. The Morgan fingerprint density at radius 3 is 2.03 bits per heavy atom. The fraction of sp³-hybridized carbons (Fsp3) is 0.458. The van der Waals surface area contributed by atoms with E-state index < -0.39 is 0 Å². The Balaban J connectivity index is 1.22. The molecule has 1 amide bonds. The van der Waals surface area contributed by atoms with E-state index in [1.165, 1.54) is 35.5 Å². The van der Waals surface area contributed by atoms with Gasteiger partial charge in [0.25, 0.3) is 5.91 Å². The lowest BCUT2D eigenvalue weighted by atomic mass is 10.1. The van der Waals surface area contributed by atoms with E-state index in [4.69, 9.17) is 4.74 Å². The molecule has 0 aliphatic carbocycles. The predicted octanol–water partition coefficient (Wildman–Crippen LogP) is 2.03. The van der Waals surface area contributed by atoms with Crippen LogP contribution in [0.1, 0.15) is 19.3 Å². The summed E-state index contributed by atoms with van der Waals surface area (Å²) in [4.78, 5) is 18.7. The van der Waals surface area contributed by atoms with Crippen LogP contribution in [0.25, 0.3) is 0 Å². The number of amides is 1. The third-order valence-electron chi connectivity index (χ3n) is 6.19. The number of hydrogen-bond donors (Lipinski definition) is 2. The van der Waals surface area contributed by atoms with Crippen molar-refractivity contribution in [1.82, 2.24) is 0 Å². The number of rotatable bonds is 6. The summed E-state index contributed by atoms with van der Waals surface area (Å²) in [6, 6.07) is 16.5. The minimum Gasteiger partial charge on any atom is -0.497 e. The molecule has 4 rings (SSSR count). The van der Waals surface area contributed by atoms with Gasteiger partial charge in [0.05, 0.1) is 33.3 Å². The second kappa shape index (κ2) is 9.85. The summed E-state index contributed by atoms with van der Waals surface area (Å²) < 4.78 is 5.23. The Morgan fingerprint density at radius 1 is 0.867 bits per heavy atom. The number of anilines is 3. The Labute approximate surface area is 179 Å². The molecule has 0 aromatic heterocycles. The van der Waals surface area contributed by atoms with Gasteiger partial charge >= 0.3 is 0 Å². The molecule has 0 bridgehead atoms. The summed E-state index contributed by atoms with van der Waals surface area (Å²) in [5.74, 6) is 0.970. The van der Waals surface area contributed by atoms with Gasteiger partial charge in [-0.2, -0.15) is 0 Å². The fourth-order valence-corrected chi connectivity index (χ4v) is 4.39. The van der Waals surface area contributed by atoms with Gasteiger partial charge in [-0.05, 0) is 67.8 Å². The average molecular weight is 410 g/mol. The van der Waals surface area contributed by atoms with Gasteiger partial charge in [-0.1, -0.05) is 0 Å². The van der Waals surface area contributed by atoms with Crippen molar-refractivity contribution < 1.29 is 14.4 Å². The van der Waals surface area contributed by atoms with Crippen molar-refractivity contribution in [3.8, 4) is 5.75 Å². The number of quaternary nitrogens is 1. The van der Waals surface area contributed by atoms with Crippen LogP contribution >= 0.6 is 0 Å². The number of piperidine rings is 1. The van der Waals surface area contributed by atoms with Crippen LogP contribution in [0.3, 0.4) is 0 Å². The molecule has 2 N–H and O–H groups in total. The summed E-state index contributed by atoms with van der Waals surface area (Å²) in [6.45, 7) is 6.64. The third-order valence-corrected chi connectivity index (χ3v) is 6.19. The SMILES string of the molecule is COc1ccc(N2CC[NH+](CC(=O)Nc3ccc(N4CCCCC4)cc3)CC2)cc1. The minimum absolute atomic E-state index is 0.0913. The van der Waals surface area contributed by atoms with Crippen molar-refractivity contribution in [1.29, 1.82) is 0 Å². The second-order valence-corrected chi connectivity index (χ2v) is 8.25. The first kappa shape index (κ1) is 20.5. The van der Waals surface area contributed by atoms with Crippen LogP contribution < -0.4 is 24.8 Å². The molecule has 160 valence electrons. The molecule has 0 unspecified atom stereocenters. The van der Waals surface area contributed by atoms with Crippen molar-refractivity contribution >= 4 is 23.0 Å². The van der Waals surface area contributed by atoms with Crippen molar-refractivity contribution in [2.75, 3.05) is 68.0 Å². The summed E-state index contributed by atoms with van der Waals surface area (Å²) in [6.07, 6.45) is 3.88. The van der Waals surface area contributed by atoms with Crippen molar-refractivity contribution in [3.63, 3.8) is 0 Å². The molecule has 0 saturated carbocycles. The zero-order valence-corrected chi connectivity index (χ0v) is 17.9. The van der Waals surface area contributed by atoms with E-state index in [1.807, 2.05) is 24.3 Å². The number of carbonyl (C=O) groups is 1. The van der Waals surface area contributed by atoms with Crippen molar-refractivity contribution in [2.24, 2.45) is 0 Å². The highest BCUT2D eigenvalue weighted by molar-refractivity contribution is 5.91. The van der Waals surface area contributed by atoms with Crippen molar-refractivity contribution in [3.05, 3.63) is 48.5 Å². The summed E-state index contributed by atoms with van der Waals surface area (Å²) >= 11 is 0. The largest absolute Gasteiger partial charge is 0.497 e. The number of piperazine rings is 1. The van der Waals surface area contributed by atoms with Crippen LogP contribution in [0.15, 0.2) is 48.5 Å². The number of ether oxygens (including phenoxy) is 1. The molecule has 2 fully saturated rings. The number of nitrogens with one attached hydrogen (secondary N) is 2.